The molecule has 0 fully saturated rings. The molecule has 0 aliphatic rings. The Hall–Kier alpha value is -1.28. The molecule has 0 aromatic heterocycles. The van der Waals surface area contributed by atoms with Gasteiger partial charge in [-0.15, -0.1) is 0 Å². The third-order valence-corrected chi connectivity index (χ3v) is 9.84. The van der Waals surface area contributed by atoms with Crippen LogP contribution in [-0.4, -0.2) is 73.4 Å². The zero-order valence-electron chi connectivity index (χ0n) is 33.1. The summed E-state index contributed by atoms with van der Waals surface area (Å²) in [5.74, 6) is -0.189. The quantitative estimate of drug-likeness (QED) is 0.0257. The van der Waals surface area contributed by atoms with Crippen molar-refractivity contribution in [1.82, 2.24) is 5.32 Å². The minimum atomic E-state index is -4.33. The molecule has 0 radical (unpaired) electrons. The fourth-order valence-electron chi connectivity index (χ4n) is 5.54. The molecule has 0 heterocycles. The molecular formula is C41H80N2O6P+. The number of amides is 1. The lowest BCUT2D eigenvalue weighted by Gasteiger charge is -2.25. The van der Waals surface area contributed by atoms with E-state index < -0.39 is 20.0 Å². The number of carbonyl (C=O) groups excluding carboxylic acids is 1. The Morgan fingerprint density at radius 2 is 1.14 bits per heavy atom. The van der Waals surface area contributed by atoms with E-state index >= 15 is 0 Å². The van der Waals surface area contributed by atoms with Crippen LogP contribution in [0.5, 0.6) is 0 Å². The highest BCUT2D eigenvalue weighted by Gasteiger charge is 2.27. The fourth-order valence-corrected chi connectivity index (χ4v) is 6.28. The number of rotatable bonds is 36. The number of allylic oxidation sites excluding steroid dienone is 5. The number of nitrogens with zero attached hydrogens (tertiary/aromatic N) is 1. The molecule has 9 heteroatoms. The fraction of sp³-hybridized carbons (Fsp3) is 0.829. The summed E-state index contributed by atoms with van der Waals surface area (Å²) in [6, 6.07) is -0.847. The van der Waals surface area contributed by atoms with Gasteiger partial charge < -0.3 is 19.8 Å². The van der Waals surface area contributed by atoms with Crippen LogP contribution in [0.25, 0.3) is 0 Å². The van der Waals surface area contributed by atoms with Crippen LogP contribution in [0.15, 0.2) is 36.5 Å². The van der Waals surface area contributed by atoms with E-state index in [1.807, 2.05) is 27.2 Å². The maximum absolute atomic E-state index is 12.8. The van der Waals surface area contributed by atoms with Crippen molar-refractivity contribution < 1.29 is 32.9 Å². The maximum Gasteiger partial charge on any atom is 0.472 e. The van der Waals surface area contributed by atoms with E-state index in [1.54, 1.807) is 6.08 Å². The van der Waals surface area contributed by atoms with Gasteiger partial charge in [0, 0.05) is 6.42 Å². The molecule has 0 bridgehead atoms. The number of likely N-dealkylation sites (N-methyl/N-ethyl adjacent to an activating group) is 1. The normalized spacial score (nSPS) is 14.9. The Balaban J connectivity index is 4.43. The van der Waals surface area contributed by atoms with Gasteiger partial charge in [-0.25, -0.2) is 4.57 Å². The highest BCUT2D eigenvalue weighted by molar-refractivity contribution is 7.47. The molecule has 0 rings (SSSR count). The van der Waals surface area contributed by atoms with Gasteiger partial charge in [0.25, 0.3) is 0 Å². The van der Waals surface area contributed by atoms with Crippen LogP contribution in [0.2, 0.25) is 0 Å². The molecule has 0 spiro atoms. The summed E-state index contributed by atoms with van der Waals surface area (Å²) in [5.41, 5.74) is 0. The van der Waals surface area contributed by atoms with Crippen molar-refractivity contribution in [3.05, 3.63) is 36.5 Å². The number of carbonyl (C=O) groups is 1. The smallest absolute Gasteiger partial charge is 0.387 e. The SMILES string of the molecule is CCCCCC/C=C\C/C=C\CCCCCCCCCC(=O)NC(COP(=O)(O)OCC[N+](C)(C)C)C(O)/C=C/CCCCCCCCCC. The third kappa shape index (κ3) is 35.1. The van der Waals surface area contributed by atoms with Crippen LogP contribution in [0.1, 0.15) is 168 Å². The van der Waals surface area contributed by atoms with E-state index in [4.69, 9.17) is 9.05 Å². The van der Waals surface area contributed by atoms with Gasteiger partial charge in [0.15, 0.2) is 0 Å². The number of nitrogens with one attached hydrogen (secondary N) is 1. The number of aliphatic hydroxyl groups is 1. The van der Waals surface area contributed by atoms with Crippen LogP contribution in [0.4, 0.5) is 0 Å². The molecule has 3 atom stereocenters. The lowest BCUT2D eigenvalue weighted by molar-refractivity contribution is -0.870. The van der Waals surface area contributed by atoms with E-state index in [1.165, 1.54) is 96.3 Å². The molecule has 50 heavy (non-hydrogen) atoms. The van der Waals surface area contributed by atoms with Gasteiger partial charge in [-0.2, -0.15) is 0 Å². The summed E-state index contributed by atoms with van der Waals surface area (Å²) in [5, 5.41) is 13.7. The minimum Gasteiger partial charge on any atom is -0.387 e. The molecule has 0 aromatic carbocycles. The number of phosphoric ester groups is 1. The Bertz CT molecular complexity index is 917. The van der Waals surface area contributed by atoms with Gasteiger partial charge in [0.1, 0.15) is 13.2 Å². The topological polar surface area (TPSA) is 105 Å². The van der Waals surface area contributed by atoms with Crippen molar-refractivity contribution in [2.45, 2.75) is 180 Å². The van der Waals surface area contributed by atoms with E-state index in [9.17, 15) is 19.4 Å². The summed E-state index contributed by atoms with van der Waals surface area (Å²) in [7, 11) is 1.56. The first kappa shape index (κ1) is 48.7. The Kier molecular flexibility index (Phi) is 32.7. The van der Waals surface area contributed by atoms with Gasteiger partial charge in [-0.1, -0.05) is 147 Å². The second kappa shape index (κ2) is 33.5. The number of hydrogen-bond acceptors (Lipinski definition) is 5. The third-order valence-electron chi connectivity index (χ3n) is 8.85. The van der Waals surface area contributed by atoms with Crippen molar-refractivity contribution in [3.63, 3.8) is 0 Å². The summed E-state index contributed by atoms with van der Waals surface area (Å²) >= 11 is 0. The molecule has 294 valence electrons. The summed E-state index contributed by atoms with van der Waals surface area (Å²) in [6.45, 7) is 4.75. The van der Waals surface area contributed by atoms with Gasteiger partial charge in [0.05, 0.1) is 39.9 Å². The van der Waals surface area contributed by atoms with Crippen molar-refractivity contribution in [3.8, 4) is 0 Å². The second-order valence-corrected chi connectivity index (χ2v) is 16.5. The van der Waals surface area contributed by atoms with Crippen molar-refractivity contribution >= 4 is 13.7 Å². The molecule has 0 aliphatic carbocycles. The van der Waals surface area contributed by atoms with Crippen LogP contribution in [0, 0.1) is 0 Å². The lowest BCUT2D eigenvalue weighted by atomic mass is 10.1. The molecule has 0 saturated heterocycles. The monoisotopic (exact) mass is 728 g/mol. The standard InChI is InChI=1S/C41H79N2O6P/c1-6-8-10-12-14-16-18-19-20-21-22-23-24-25-27-29-31-33-35-41(45)42-39(38-49-50(46,47)48-37-36-43(3,4)5)40(44)34-32-30-28-26-17-15-13-11-9-7-2/h16,18,20-21,32,34,39-40,44H,6-15,17,19,22-31,33,35-38H2,1-5H3,(H-,42,45,46,47)/p+1/b18-16-,21-20-,34-32+. The van der Waals surface area contributed by atoms with Gasteiger partial charge in [0.2, 0.25) is 5.91 Å². The summed E-state index contributed by atoms with van der Waals surface area (Å²) in [4.78, 5) is 23.0. The van der Waals surface area contributed by atoms with E-state index in [0.29, 0.717) is 17.4 Å². The number of phosphoric acid groups is 1. The molecule has 0 aliphatic heterocycles. The highest BCUT2D eigenvalue weighted by Crippen LogP contribution is 2.43. The molecular weight excluding hydrogens is 647 g/mol. The average Bonchev–Trinajstić information content (AvgIpc) is 3.06. The lowest BCUT2D eigenvalue weighted by Crippen LogP contribution is -2.45. The van der Waals surface area contributed by atoms with Crippen LogP contribution < -0.4 is 5.32 Å². The van der Waals surface area contributed by atoms with Crippen molar-refractivity contribution in [2.75, 3.05) is 40.9 Å². The molecule has 3 N–H and O–H groups in total. The number of aliphatic hydroxyl groups excluding tert-OH is 1. The number of quaternary nitrogens is 1. The number of unbranched alkanes of at least 4 members (excludes halogenated alkanes) is 19. The summed E-state index contributed by atoms with van der Waals surface area (Å²) in [6.07, 6.45) is 39.2. The minimum absolute atomic E-state index is 0.0591. The van der Waals surface area contributed by atoms with Crippen molar-refractivity contribution in [1.29, 1.82) is 0 Å². The Morgan fingerprint density at radius 3 is 1.66 bits per heavy atom. The van der Waals surface area contributed by atoms with E-state index in [-0.39, 0.29) is 19.1 Å². The molecule has 0 aromatic rings. The molecule has 8 nitrogen and oxygen atoms in total. The zero-order chi connectivity index (χ0) is 37.2. The Morgan fingerprint density at radius 1 is 0.680 bits per heavy atom. The molecule has 1 amide bonds. The Labute approximate surface area is 308 Å². The predicted molar refractivity (Wildman–Crippen MR) is 212 cm³/mol. The average molecular weight is 728 g/mol. The van der Waals surface area contributed by atoms with Gasteiger partial charge >= 0.3 is 7.82 Å². The maximum atomic E-state index is 12.8. The zero-order valence-corrected chi connectivity index (χ0v) is 34.0. The first-order valence-electron chi connectivity index (χ1n) is 20.4. The van der Waals surface area contributed by atoms with Crippen molar-refractivity contribution in [2.24, 2.45) is 0 Å². The largest absolute Gasteiger partial charge is 0.472 e. The second-order valence-electron chi connectivity index (χ2n) is 15.0. The molecule has 3 unspecified atom stereocenters. The van der Waals surface area contributed by atoms with Crippen LogP contribution >= 0.6 is 7.82 Å². The van der Waals surface area contributed by atoms with Crippen LogP contribution in [-0.2, 0) is 18.4 Å². The van der Waals surface area contributed by atoms with E-state index in [2.05, 4.69) is 43.5 Å². The first-order chi connectivity index (χ1) is 24.0. The first-order valence-corrected chi connectivity index (χ1v) is 21.9. The van der Waals surface area contributed by atoms with E-state index in [0.717, 1.165) is 51.4 Å². The number of hydrogen-bond donors (Lipinski definition) is 3. The van der Waals surface area contributed by atoms with Gasteiger partial charge in [-0.05, 0) is 51.4 Å². The predicted octanol–water partition coefficient (Wildman–Crippen LogP) is 10.7. The highest BCUT2D eigenvalue weighted by atomic mass is 31.2. The molecule has 0 saturated carbocycles. The van der Waals surface area contributed by atoms with Crippen LogP contribution in [0.3, 0.4) is 0 Å². The summed E-state index contributed by atoms with van der Waals surface area (Å²) < 4.78 is 23.4. The van der Waals surface area contributed by atoms with Gasteiger partial charge in [-0.3, -0.25) is 13.8 Å².